The number of rotatable bonds is 5. The highest BCUT2D eigenvalue weighted by Gasteiger charge is 2.09. The van der Waals surface area contributed by atoms with E-state index in [1.54, 1.807) is 24.3 Å². The molecule has 0 saturated heterocycles. The second-order valence-electron chi connectivity index (χ2n) is 5.56. The third-order valence-electron chi connectivity index (χ3n) is 3.67. The molecule has 0 aliphatic rings. The van der Waals surface area contributed by atoms with Gasteiger partial charge in [0.25, 0.3) is 5.91 Å². The van der Waals surface area contributed by atoms with Gasteiger partial charge in [0, 0.05) is 15.3 Å². The van der Waals surface area contributed by atoms with Gasteiger partial charge in [0.2, 0.25) is 0 Å². The van der Waals surface area contributed by atoms with Crippen molar-refractivity contribution in [1.82, 2.24) is 0 Å². The molecule has 0 aromatic heterocycles. The number of hydrogen-bond donors (Lipinski definition) is 1. The molecule has 0 atom stereocenters. The lowest BCUT2D eigenvalue weighted by Gasteiger charge is -2.10. The molecule has 3 rings (SSSR count). The Morgan fingerprint density at radius 1 is 1.04 bits per heavy atom. The maximum Gasteiger partial charge on any atom is 0.256 e. The van der Waals surface area contributed by atoms with E-state index in [0.717, 1.165) is 9.13 Å². The Labute approximate surface area is 165 Å². The van der Waals surface area contributed by atoms with Gasteiger partial charge in [-0.25, -0.2) is 0 Å². The summed E-state index contributed by atoms with van der Waals surface area (Å²) in [4.78, 5) is 12.4. The van der Waals surface area contributed by atoms with E-state index in [9.17, 15) is 4.79 Å². The minimum Gasteiger partial charge on any atom is -0.489 e. The van der Waals surface area contributed by atoms with E-state index in [1.807, 2.05) is 48.5 Å². The number of hydrogen-bond acceptors (Lipinski definition) is 3. The van der Waals surface area contributed by atoms with Crippen LogP contribution in [0, 0.1) is 14.9 Å². The van der Waals surface area contributed by atoms with Crippen LogP contribution in [0.5, 0.6) is 5.75 Å². The van der Waals surface area contributed by atoms with Gasteiger partial charge in [0.1, 0.15) is 12.4 Å². The molecule has 128 valence electrons. The van der Waals surface area contributed by atoms with Crippen molar-refractivity contribution >= 4 is 34.2 Å². The number of nitrogens with one attached hydrogen (secondary N) is 1. The average molecular weight is 454 g/mol. The maximum absolute atomic E-state index is 12.4. The predicted molar refractivity (Wildman–Crippen MR) is 109 cm³/mol. The summed E-state index contributed by atoms with van der Waals surface area (Å²) in [7, 11) is 0. The summed E-state index contributed by atoms with van der Waals surface area (Å²) in [6, 6.07) is 24.1. The Balaban J connectivity index is 1.67. The lowest BCUT2D eigenvalue weighted by Crippen LogP contribution is -2.13. The van der Waals surface area contributed by atoms with Crippen molar-refractivity contribution in [2.24, 2.45) is 0 Å². The lowest BCUT2D eigenvalue weighted by molar-refractivity contribution is 0.102. The molecule has 0 radical (unpaired) electrons. The third-order valence-corrected chi connectivity index (χ3v) is 4.61. The smallest absolute Gasteiger partial charge is 0.256 e. The first-order chi connectivity index (χ1) is 12.7. The normalized spacial score (nSPS) is 10.0. The number of nitriles is 1. The van der Waals surface area contributed by atoms with Crippen LogP contribution in [0.4, 0.5) is 5.69 Å². The molecule has 0 aliphatic carbocycles. The van der Waals surface area contributed by atoms with E-state index >= 15 is 0 Å². The van der Waals surface area contributed by atoms with Gasteiger partial charge in [0.15, 0.2) is 0 Å². The minimum absolute atomic E-state index is 0.158. The molecule has 0 aliphatic heterocycles. The van der Waals surface area contributed by atoms with Crippen LogP contribution in [0.25, 0.3) is 0 Å². The summed E-state index contributed by atoms with van der Waals surface area (Å²) < 4.78 is 6.68. The number of amides is 1. The standard InChI is InChI=1S/C21H15IN2O2/c22-20-10-2-1-9-19(20)21(25)24-17-7-4-8-18(12-17)26-14-16-6-3-5-15(11-16)13-23/h1-12H,14H2,(H,24,25). The maximum atomic E-state index is 12.4. The fourth-order valence-electron chi connectivity index (χ4n) is 2.40. The van der Waals surface area contributed by atoms with E-state index in [4.69, 9.17) is 10.00 Å². The van der Waals surface area contributed by atoms with Gasteiger partial charge in [-0.15, -0.1) is 0 Å². The molecule has 3 aromatic carbocycles. The first kappa shape index (κ1) is 18.0. The van der Waals surface area contributed by atoms with Crippen molar-refractivity contribution in [3.63, 3.8) is 0 Å². The number of benzene rings is 3. The van der Waals surface area contributed by atoms with Crippen molar-refractivity contribution in [3.05, 3.63) is 93.1 Å². The fraction of sp³-hybridized carbons (Fsp3) is 0.0476. The molecule has 5 heteroatoms. The molecule has 0 fully saturated rings. The summed E-state index contributed by atoms with van der Waals surface area (Å²) in [5, 5.41) is 11.8. The zero-order valence-electron chi connectivity index (χ0n) is 13.8. The summed E-state index contributed by atoms with van der Waals surface area (Å²) in [5.41, 5.74) is 2.81. The van der Waals surface area contributed by atoms with E-state index in [2.05, 4.69) is 34.0 Å². The zero-order chi connectivity index (χ0) is 18.4. The molecule has 1 N–H and O–H groups in total. The first-order valence-corrected chi connectivity index (χ1v) is 9.01. The first-order valence-electron chi connectivity index (χ1n) is 7.93. The Hall–Kier alpha value is -2.85. The van der Waals surface area contributed by atoms with Crippen molar-refractivity contribution < 1.29 is 9.53 Å². The average Bonchev–Trinajstić information content (AvgIpc) is 2.67. The summed E-state index contributed by atoms with van der Waals surface area (Å²) in [6.07, 6.45) is 0. The van der Waals surface area contributed by atoms with Gasteiger partial charge in [-0.3, -0.25) is 4.79 Å². The van der Waals surface area contributed by atoms with Crippen LogP contribution in [-0.2, 0) is 6.61 Å². The van der Waals surface area contributed by atoms with Crippen LogP contribution in [-0.4, -0.2) is 5.91 Å². The molecular formula is C21H15IN2O2. The number of carbonyl (C=O) groups excluding carboxylic acids is 1. The van der Waals surface area contributed by atoms with E-state index < -0.39 is 0 Å². The monoisotopic (exact) mass is 454 g/mol. The van der Waals surface area contributed by atoms with E-state index in [-0.39, 0.29) is 5.91 Å². The molecule has 0 unspecified atom stereocenters. The van der Waals surface area contributed by atoms with Crippen molar-refractivity contribution in [1.29, 1.82) is 5.26 Å². The van der Waals surface area contributed by atoms with Crippen molar-refractivity contribution in [2.75, 3.05) is 5.32 Å². The van der Waals surface area contributed by atoms with Gasteiger partial charge in [-0.2, -0.15) is 5.26 Å². The van der Waals surface area contributed by atoms with E-state index in [0.29, 0.717) is 29.2 Å². The zero-order valence-corrected chi connectivity index (χ0v) is 15.9. The van der Waals surface area contributed by atoms with Crippen molar-refractivity contribution in [3.8, 4) is 11.8 Å². The Kier molecular flexibility index (Phi) is 5.87. The number of halogens is 1. The highest BCUT2D eigenvalue weighted by molar-refractivity contribution is 14.1. The molecule has 0 heterocycles. The van der Waals surface area contributed by atoms with Crippen molar-refractivity contribution in [2.45, 2.75) is 6.61 Å². The fourth-order valence-corrected chi connectivity index (χ4v) is 3.04. The number of carbonyl (C=O) groups is 1. The van der Waals surface area contributed by atoms with Gasteiger partial charge >= 0.3 is 0 Å². The molecule has 26 heavy (non-hydrogen) atoms. The molecule has 3 aromatic rings. The highest BCUT2D eigenvalue weighted by Crippen LogP contribution is 2.20. The Morgan fingerprint density at radius 3 is 2.65 bits per heavy atom. The van der Waals surface area contributed by atoms with Crippen LogP contribution < -0.4 is 10.1 Å². The van der Waals surface area contributed by atoms with Gasteiger partial charge in [-0.1, -0.05) is 30.3 Å². The number of anilines is 1. The minimum atomic E-state index is -0.158. The molecule has 0 saturated carbocycles. The molecular weight excluding hydrogens is 439 g/mol. The lowest BCUT2D eigenvalue weighted by atomic mass is 10.1. The van der Waals surface area contributed by atoms with Crippen LogP contribution in [0.1, 0.15) is 21.5 Å². The SMILES string of the molecule is N#Cc1cccc(COc2cccc(NC(=O)c3ccccc3I)c2)c1. The largest absolute Gasteiger partial charge is 0.489 e. The predicted octanol–water partition coefficient (Wildman–Crippen LogP) is 4.99. The van der Waals surface area contributed by atoms with Crippen LogP contribution in [0.2, 0.25) is 0 Å². The summed E-state index contributed by atoms with van der Waals surface area (Å²) in [5.74, 6) is 0.488. The summed E-state index contributed by atoms with van der Waals surface area (Å²) in [6.45, 7) is 0.351. The second kappa shape index (κ2) is 8.50. The van der Waals surface area contributed by atoms with Crippen LogP contribution in [0.15, 0.2) is 72.8 Å². The quantitative estimate of drug-likeness (QED) is 0.553. The Bertz CT molecular complexity index is 979. The number of ether oxygens (including phenoxy) is 1. The molecule has 1 amide bonds. The molecule has 0 spiro atoms. The van der Waals surface area contributed by atoms with Gasteiger partial charge in [-0.05, 0) is 64.6 Å². The van der Waals surface area contributed by atoms with Gasteiger partial charge in [0.05, 0.1) is 17.2 Å². The summed E-state index contributed by atoms with van der Waals surface area (Å²) >= 11 is 2.14. The highest BCUT2D eigenvalue weighted by atomic mass is 127. The van der Waals surface area contributed by atoms with Gasteiger partial charge < -0.3 is 10.1 Å². The van der Waals surface area contributed by atoms with E-state index in [1.165, 1.54) is 0 Å². The molecule has 4 nitrogen and oxygen atoms in total. The second-order valence-corrected chi connectivity index (χ2v) is 6.72. The third kappa shape index (κ3) is 4.61. The van der Waals surface area contributed by atoms with Crippen LogP contribution >= 0.6 is 22.6 Å². The Morgan fingerprint density at radius 2 is 1.85 bits per heavy atom. The van der Waals surface area contributed by atoms with Crippen LogP contribution in [0.3, 0.4) is 0 Å². The molecule has 0 bridgehead atoms. The number of nitrogens with zero attached hydrogens (tertiary/aromatic N) is 1. The topological polar surface area (TPSA) is 62.1 Å².